The summed E-state index contributed by atoms with van der Waals surface area (Å²) in [5, 5.41) is 27.8. The van der Waals surface area contributed by atoms with Gasteiger partial charge in [0, 0.05) is 24.5 Å². The van der Waals surface area contributed by atoms with Gasteiger partial charge in [-0.1, -0.05) is 12.1 Å². The van der Waals surface area contributed by atoms with Crippen molar-refractivity contribution in [1.29, 1.82) is 0 Å². The number of carbonyl (C=O) groups is 2. The van der Waals surface area contributed by atoms with Crippen LogP contribution in [-0.4, -0.2) is 36.6 Å². The van der Waals surface area contributed by atoms with Crippen LogP contribution in [0.5, 0.6) is 0 Å². The van der Waals surface area contributed by atoms with E-state index in [0.717, 1.165) is 11.8 Å². The Balaban J connectivity index is 0.000000194. The van der Waals surface area contributed by atoms with Crippen molar-refractivity contribution >= 4 is 17.6 Å². The minimum atomic E-state index is -1.12. The Kier molecular flexibility index (Phi) is 6.00. The molecule has 0 amide bonds. The summed E-state index contributed by atoms with van der Waals surface area (Å²) in [6.45, 7) is 1.62. The number of benzene rings is 2. The van der Waals surface area contributed by atoms with Gasteiger partial charge in [0.1, 0.15) is 0 Å². The van der Waals surface area contributed by atoms with E-state index in [1.807, 2.05) is 0 Å². The highest BCUT2D eigenvalue weighted by Crippen LogP contribution is 2.16. The molecular formula is C18H15N3O6. The summed E-state index contributed by atoms with van der Waals surface area (Å²) in [6, 6.07) is 10.4. The fourth-order valence-electron chi connectivity index (χ4n) is 2.16. The quantitative estimate of drug-likeness (QED) is 0.532. The van der Waals surface area contributed by atoms with Gasteiger partial charge in [0.25, 0.3) is 5.69 Å². The summed E-state index contributed by atoms with van der Waals surface area (Å²) >= 11 is 0. The lowest BCUT2D eigenvalue weighted by atomic mass is 10.1. The molecule has 0 aliphatic carbocycles. The fourth-order valence-corrected chi connectivity index (χ4v) is 2.16. The molecule has 9 heteroatoms. The lowest BCUT2D eigenvalue weighted by molar-refractivity contribution is -0.384. The van der Waals surface area contributed by atoms with Crippen molar-refractivity contribution in [2.45, 2.75) is 6.92 Å². The number of aromatic nitrogens is 2. The molecule has 3 rings (SSSR count). The molecule has 0 spiro atoms. The molecule has 1 heterocycles. The highest BCUT2D eigenvalue weighted by molar-refractivity contribution is 5.94. The summed E-state index contributed by atoms with van der Waals surface area (Å²) in [5.41, 5.74) is 1.38. The van der Waals surface area contributed by atoms with Crippen LogP contribution >= 0.6 is 0 Å². The van der Waals surface area contributed by atoms with Crippen LogP contribution in [0.1, 0.15) is 26.3 Å². The lowest BCUT2D eigenvalue weighted by Crippen LogP contribution is -2.03. The minimum Gasteiger partial charge on any atom is -0.478 e. The molecule has 0 fully saturated rings. The van der Waals surface area contributed by atoms with Gasteiger partial charge in [-0.25, -0.2) is 14.6 Å². The van der Waals surface area contributed by atoms with Crippen LogP contribution < -0.4 is 0 Å². The summed E-state index contributed by atoms with van der Waals surface area (Å²) in [6.07, 6.45) is 4.96. The van der Waals surface area contributed by atoms with E-state index < -0.39 is 16.9 Å². The van der Waals surface area contributed by atoms with E-state index in [-0.39, 0.29) is 16.8 Å². The molecule has 1 aromatic heterocycles. The number of nitrogens with zero attached hydrogens (tertiary/aromatic N) is 3. The molecule has 0 saturated carbocycles. The SMILES string of the molecule is Cc1ccc(C(=O)O)cc1C(=O)O.O=[N+]([O-])c1cccc(-n2ccnc2)c1. The third-order valence-electron chi connectivity index (χ3n) is 3.56. The highest BCUT2D eigenvalue weighted by atomic mass is 16.6. The number of nitro groups is 1. The first kappa shape index (κ1) is 19.3. The first-order valence-corrected chi connectivity index (χ1v) is 7.59. The van der Waals surface area contributed by atoms with Crippen LogP contribution in [0.4, 0.5) is 5.69 Å². The molecule has 3 aromatic rings. The molecule has 0 bridgehead atoms. The smallest absolute Gasteiger partial charge is 0.335 e. The fraction of sp³-hybridized carbons (Fsp3) is 0.0556. The Morgan fingerprint density at radius 3 is 2.41 bits per heavy atom. The van der Waals surface area contributed by atoms with Crippen LogP contribution in [0.15, 0.2) is 61.2 Å². The van der Waals surface area contributed by atoms with E-state index in [9.17, 15) is 19.7 Å². The first-order chi connectivity index (χ1) is 12.8. The Hall–Kier alpha value is -4.01. The van der Waals surface area contributed by atoms with Crippen LogP contribution in [-0.2, 0) is 0 Å². The third-order valence-corrected chi connectivity index (χ3v) is 3.56. The van der Waals surface area contributed by atoms with Crippen molar-refractivity contribution in [2.75, 3.05) is 0 Å². The van der Waals surface area contributed by atoms with E-state index >= 15 is 0 Å². The molecule has 0 saturated heterocycles. The first-order valence-electron chi connectivity index (χ1n) is 7.59. The van der Waals surface area contributed by atoms with Gasteiger partial charge in [-0.15, -0.1) is 0 Å². The normalized spacial score (nSPS) is 9.81. The zero-order valence-corrected chi connectivity index (χ0v) is 14.1. The molecule has 0 aliphatic heterocycles. The van der Waals surface area contributed by atoms with Gasteiger partial charge in [0.15, 0.2) is 0 Å². The Morgan fingerprint density at radius 2 is 1.85 bits per heavy atom. The predicted molar refractivity (Wildman–Crippen MR) is 95.3 cm³/mol. The maximum absolute atomic E-state index is 10.6. The average molecular weight is 369 g/mol. The molecule has 0 aliphatic rings. The van der Waals surface area contributed by atoms with Crippen LogP contribution in [0.2, 0.25) is 0 Å². The van der Waals surface area contributed by atoms with Gasteiger partial charge in [0.05, 0.1) is 28.1 Å². The molecule has 2 aromatic carbocycles. The molecule has 0 unspecified atom stereocenters. The highest BCUT2D eigenvalue weighted by Gasteiger charge is 2.10. The van der Waals surface area contributed by atoms with Crippen molar-refractivity contribution < 1.29 is 24.7 Å². The zero-order chi connectivity index (χ0) is 20.0. The molecule has 0 atom stereocenters. The van der Waals surface area contributed by atoms with Gasteiger partial charge in [-0.2, -0.15) is 0 Å². The minimum absolute atomic E-state index is 0.0111. The van der Waals surface area contributed by atoms with Crippen LogP contribution in [0.25, 0.3) is 5.69 Å². The van der Waals surface area contributed by atoms with Gasteiger partial charge in [0.2, 0.25) is 0 Å². The number of carboxylic acids is 2. The molecule has 0 radical (unpaired) electrons. The number of aryl methyl sites for hydroxylation is 1. The van der Waals surface area contributed by atoms with E-state index in [4.69, 9.17) is 10.2 Å². The van der Waals surface area contributed by atoms with Gasteiger partial charge in [-0.3, -0.25) is 10.1 Å². The predicted octanol–water partition coefficient (Wildman–Crippen LogP) is 3.17. The van der Waals surface area contributed by atoms with Crippen LogP contribution in [0, 0.1) is 17.0 Å². The maximum atomic E-state index is 10.6. The van der Waals surface area contributed by atoms with E-state index in [2.05, 4.69) is 4.98 Å². The topological polar surface area (TPSA) is 136 Å². The van der Waals surface area contributed by atoms with E-state index in [1.54, 1.807) is 42.3 Å². The van der Waals surface area contributed by atoms with Crippen LogP contribution in [0.3, 0.4) is 0 Å². The number of non-ortho nitro benzene ring substituents is 1. The second-order valence-electron chi connectivity index (χ2n) is 5.39. The summed E-state index contributed by atoms with van der Waals surface area (Å²) < 4.78 is 1.72. The summed E-state index contributed by atoms with van der Waals surface area (Å²) in [7, 11) is 0. The maximum Gasteiger partial charge on any atom is 0.335 e. The monoisotopic (exact) mass is 369 g/mol. The van der Waals surface area contributed by atoms with Crippen molar-refractivity contribution in [2.24, 2.45) is 0 Å². The molecule has 27 heavy (non-hydrogen) atoms. The Morgan fingerprint density at radius 1 is 1.11 bits per heavy atom. The number of imidazole rings is 1. The van der Waals surface area contributed by atoms with Crippen molar-refractivity contribution in [3.05, 3.63) is 88.0 Å². The van der Waals surface area contributed by atoms with E-state index in [0.29, 0.717) is 5.56 Å². The van der Waals surface area contributed by atoms with Crippen molar-refractivity contribution in [3.8, 4) is 5.69 Å². The van der Waals surface area contributed by atoms with Crippen molar-refractivity contribution in [3.63, 3.8) is 0 Å². The Labute approximate surface area is 153 Å². The number of nitro benzene ring substituents is 1. The lowest BCUT2D eigenvalue weighted by Gasteiger charge is -2.01. The largest absolute Gasteiger partial charge is 0.478 e. The third kappa shape index (κ3) is 4.98. The second kappa shape index (κ2) is 8.39. The number of hydrogen-bond donors (Lipinski definition) is 2. The number of aromatic carboxylic acids is 2. The zero-order valence-electron chi connectivity index (χ0n) is 14.1. The van der Waals surface area contributed by atoms with Crippen molar-refractivity contribution in [1.82, 2.24) is 9.55 Å². The average Bonchev–Trinajstić information content (AvgIpc) is 3.17. The number of rotatable bonds is 4. The summed E-state index contributed by atoms with van der Waals surface area (Å²) in [4.78, 5) is 35.1. The van der Waals surface area contributed by atoms with Gasteiger partial charge in [-0.05, 0) is 30.7 Å². The second-order valence-corrected chi connectivity index (χ2v) is 5.39. The Bertz CT molecular complexity index is 983. The number of carboxylic acid groups (broad SMARTS) is 2. The van der Waals surface area contributed by atoms with Gasteiger partial charge >= 0.3 is 11.9 Å². The molecule has 2 N–H and O–H groups in total. The molecular weight excluding hydrogens is 354 g/mol. The number of hydrogen-bond acceptors (Lipinski definition) is 5. The van der Waals surface area contributed by atoms with Gasteiger partial charge < -0.3 is 14.8 Å². The summed E-state index contributed by atoms with van der Waals surface area (Å²) in [5.74, 6) is -2.23. The molecule has 9 nitrogen and oxygen atoms in total. The standard InChI is InChI=1S/C9H7N3O2.C9H8O4/c13-12(14)9-3-1-2-8(6-9)11-5-4-10-7-11;1-5-2-3-6(8(10)11)4-7(5)9(12)13/h1-7H;2-4H,1H3,(H,10,11)(H,12,13). The molecule has 138 valence electrons. The van der Waals surface area contributed by atoms with E-state index in [1.165, 1.54) is 24.3 Å².